The van der Waals surface area contributed by atoms with E-state index in [2.05, 4.69) is 38.5 Å². The van der Waals surface area contributed by atoms with Gasteiger partial charge in [0.05, 0.1) is 0 Å². The van der Waals surface area contributed by atoms with Crippen LogP contribution in [0.2, 0.25) is 0 Å². The summed E-state index contributed by atoms with van der Waals surface area (Å²) in [6, 6.07) is 3.75. The molecule has 0 N–H and O–H groups in total. The monoisotopic (exact) mass is 324 g/mol. The van der Waals surface area contributed by atoms with Crippen molar-refractivity contribution < 1.29 is 4.79 Å². The molecule has 0 spiro atoms. The molecule has 0 aliphatic rings. The zero-order valence-electron chi connectivity index (χ0n) is 5.90. The number of rotatable bonds is 1. The molecular weight excluding hydrogens is 319 g/mol. The molecule has 0 radical (unpaired) electrons. The Balaban J connectivity index is 3.36. The smallest absolute Gasteiger partial charge is 0.151 e. The molecule has 58 valence electrons. The molecule has 0 saturated carbocycles. The molecule has 0 aliphatic heterocycles. The van der Waals surface area contributed by atoms with Crippen molar-refractivity contribution in [1.29, 1.82) is 0 Å². The van der Waals surface area contributed by atoms with Gasteiger partial charge in [0.15, 0.2) is 6.29 Å². The summed E-state index contributed by atoms with van der Waals surface area (Å²) in [7, 11) is 0. The summed E-state index contributed by atoms with van der Waals surface area (Å²) in [4.78, 5) is 10.5. The third kappa shape index (κ3) is 1.82. The fraction of sp³-hybridized carbons (Fsp3) is 0.125. The van der Waals surface area contributed by atoms with Crippen LogP contribution in [0.1, 0.15) is 15.9 Å². The molecule has 0 amide bonds. The second kappa shape index (κ2) is 3.67. The number of hydrogen-bond donors (Lipinski definition) is 0. The molecule has 11 heavy (non-hydrogen) atoms. The first-order valence-corrected chi connectivity index (χ1v) is 4.93. The average molecular weight is 325 g/mol. The predicted octanol–water partition coefficient (Wildman–Crippen LogP) is 3.17. The minimum atomic E-state index is 0.711. The Hall–Kier alpha value is 0.1000. The van der Waals surface area contributed by atoms with E-state index in [9.17, 15) is 4.79 Å². The lowest BCUT2D eigenvalue weighted by Crippen LogP contribution is -1.88. The van der Waals surface area contributed by atoms with E-state index in [0.717, 1.165) is 16.3 Å². The summed E-state index contributed by atoms with van der Waals surface area (Å²) in [5.74, 6) is 0. The van der Waals surface area contributed by atoms with Crippen molar-refractivity contribution in [1.82, 2.24) is 0 Å². The Morgan fingerprint density at radius 3 is 2.73 bits per heavy atom. The minimum absolute atomic E-state index is 0.711. The Bertz CT molecular complexity index is 296. The summed E-state index contributed by atoms with van der Waals surface area (Å²) in [5.41, 5.74) is 1.83. The van der Waals surface area contributed by atoms with E-state index >= 15 is 0 Å². The molecule has 0 aliphatic carbocycles. The van der Waals surface area contributed by atoms with Gasteiger partial charge < -0.3 is 0 Å². The Labute approximate surface area is 87.5 Å². The van der Waals surface area contributed by atoms with Gasteiger partial charge >= 0.3 is 0 Å². The van der Waals surface area contributed by atoms with Crippen LogP contribution >= 0.6 is 38.5 Å². The second-order valence-electron chi connectivity index (χ2n) is 2.19. The van der Waals surface area contributed by atoms with Crippen molar-refractivity contribution in [3.8, 4) is 0 Å². The van der Waals surface area contributed by atoms with Gasteiger partial charge in [-0.3, -0.25) is 4.79 Å². The normalized spacial score (nSPS) is 9.73. The van der Waals surface area contributed by atoms with E-state index in [1.54, 1.807) is 0 Å². The number of halogens is 2. The van der Waals surface area contributed by atoms with E-state index in [1.165, 1.54) is 3.57 Å². The van der Waals surface area contributed by atoms with Crippen LogP contribution < -0.4 is 0 Å². The van der Waals surface area contributed by atoms with Crippen LogP contribution in [0.3, 0.4) is 0 Å². The molecule has 1 nitrogen and oxygen atoms in total. The highest BCUT2D eigenvalue weighted by molar-refractivity contribution is 14.1. The molecule has 0 saturated heterocycles. The van der Waals surface area contributed by atoms with Gasteiger partial charge in [0, 0.05) is 13.6 Å². The van der Waals surface area contributed by atoms with Gasteiger partial charge in [-0.2, -0.15) is 0 Å². The first-order chi connectivity index (χ1) is 5.16. The van der Waals surface area contributed by atoms with Crippen LogP contribution in [0, 0.1) is 10.5 Å². The largest absolute Gasteiger partial charge is 0.298 e. The van der Waals surface area contributed by atoms with Gasteiger partial charge in [0.1, 0.15) is 0 Å². The number of hydrogen-bond acceptors (Lipinski definition) is 1. The zero-order valence-corrected chi connectivity index (χ0v) is 9.64. The van der Waals surface area contributed by atoms with Gasteiger partial charge in [0.25, 0.3) is 0 Å². The molecule has 1 rings (SSSR count). The highest BCUT2D eigenvalue weighted by atomic mass is 127. The van der Waals surface area contributed by atoms with Crippen LogP contribution in [-0.2, 0) is 0 Å². The number of aldehydes is 1. The molecule has 3 heteroatoms. The highest BCUT2D eigenvalue weighted by Crippen LogP contribution is 2.24. The standard InChI is InChI=1S/C8H6BrIO/c1-5-7(10)3-2-6(4-11)8(5)9/h2-4H,1H3. The van der Waals surface area contributed by atoms with Crippen LogP contribution in [0.5, 0.6) is 0 Å². The van der Waals surface area contributed by atoms with Crippen LogP contribution in [0.4, 0.5) is 0 Å². The van der Waals surface area contributed by atoms with Crippen molar-refractivity contribution in [2.45, 2.75) is 6.92 Å². The van der Waals surface area contributed by atoms with E-state index in [0.29, 0.717) is 5.56 Å². The van der Waals surface area contributed by atoms with Crippen LogP contribution in [0.25, 0.3) is 0 Å². The third-order valence-corrected chi connectivity index (χ3v) is 3.70. The maximum atomic E-state index is 10.5. The Morgan fingerprint density at radius 1 is 1.55 bits per heavy atom. The zero-order chi connectivity index (χ0) is 8.43. The summed E-state index contributed by atoms with van der Waals surface area (Å²) in [6.45, 7) is 1.98. The van der Waals surface area contributed by atoms with Gasteiger partial charge in [-0.25, -0.2) is 0 Å². The molecule has 0 unspecified atom stereocenters. The van der Waals surface area contributed by atoms with Crippen LogP contribution in [0.15, 0.2) is 16.6 Å². The van der Waals surface area contributed by atoms with E-state index in [-0.39, 0.29) is 0 Å². The van der Waals surface area contributed by atoms with Crippen molar-refractivity contribution in [3.63, 3.8) is 0 Å². The summed E-state index contributed by atoms with van der Waals surface area (Å²) in [5, 5.41) is 0. The summed E-state index contributed by atoms with van der Waals surface area (Å²) in [6.07, 6.45) is 0.854. The molecule has 0 heterocycles. The molecule has 0 aromatic heterocycles. The van der Waals surface area contributed by atoms with Crippen molar-refractivity contribution in [2.75, 3.05) is 0 Å². The van der Waals surface area contributed by atoms with Gasteiger partial charge in [0.2, 0.25) is 0 Å². The van der Waals surface area contributed by atoms with Crippen LogP contribution in [-0.4, -0.2) is 6.29 Å². The Kier molecular flexibility index (Phi) is 3.06. The minimum Gasteiger partial charge on any atom is -0.298 e. The maximum Gasteiger partial charge on any atom is 0.151 e. The lowest BCUT2D eigenvalue weighted by Gasteiger charge is -2.02. The van der Waals surface area contributed by atoms with E-state index < -0.39 is 0 Å². The van der Waals surface area contributed by atoms with Gasteiger partial charge in [-0.15, -0.1) is 0 Å². The predicted molar refractivity (Wildman–Crippen MR) is 57.0 cm³/mol. The fourth-order valence-corrected chi connectivity index (χ4v) is 2.03. The SMILES string of the molecule is Cc1c(I)ccc(C=O)c1Br. The molecule has 0 fully saturated rings. The molecule has 0 bridgehead atoms. The third-order valence-electron chi connectivity index (χ3n) is 1.48. The maximum absolute atomic E-state index is 10.5. The second-order valence-corrected chi connectivity index (χ2v) is 4.15. The summed E-state index contributed by atoms with van der Waals surface area (Å²) >= 11 is 5.59. The number of carbonyl (C=O) groups is 1. The quantitative estimate of drug-likeness (QED) is 0.573. The number of carbonyl (C=O) groups excluding carboxylic acids is 1. The lowest BCUT2D eigenvalue weighted by molar-refractivity contribution is 0.112. The van der Waals surface area contributed by atoms with E-state index in [4.69, 9.17) is 0 Å². The van der Waals surface area contributed by atoms with Crippen molar-refractivity contribution >= 4 is 44.8 Å². The molecule has 1 aromatic carbocycles. The molecule has 1 aromatic rings. The van der Waals surface area contributed by atoms with Gasteiger partial charge in [-0.1, -0.05) is 0 Å². The Morgan fingerprint density at radius 2 is 2.18 bits per heavy atom. The van der Waals surface area contributed by atoms with Crippen molar-refractivity contribution in [2.24, 2.45) is 0 Å². The first-order valence-electron chi connectivity index (χ1n) is 3.06. The number of benzene rings is 1. The molecule has 0 atom stereocenters. The van der Waals surface area contributed by atoms with Gasteiger partial charge in [-0.05, 0) is 63.1 Å². The van der Waals surface area contributed by atoms with E-state index in [1.807, 2.05) is 19.1 Å². The fourth-order valence-electron chi connectivity index (χ4n) is 0.773. The highest BCUT2D eigenvalue weighted by Gasteiger charge is 2.03. The topological polar surface area (TPSA) is 17.1 Å². The lowest BCUT2D eigenvalue weighted by atomic mass is 10.2. The molecular formula is C8H6BrIO. The van der Waals surface area contributed by atoms with Crippen molar-refractivity contribution in [3.05, 3.63) is 31.3 Å². The average Bonchev–Trinajstić information content (AvgIpc) is 2.01. The first kappa shape index (κ1) is 9.19. The summed E-state index contributed by atoms with van der Waals surface area (Å²) < 4.78 is 2.07.